The van der Waals surface area contributed by atoms with Crippen molar-refractivity contribution in [3.63, 3.8) is 0 Å². The Balaban J connectivity index is 2.51. The van der Waals surface area contributed by atoms with Gasteiger partial charge in [-0.1, -0.05) is 19.1 Å². The number of carbonyl (C=O) groups is 2. The van der Waals surface area contributed by atoms with E-state index in [1.165, 1.54) is 17.0 Å². The molecule has 5 nitrogen and oxygen atoms in total. The molecule has 1 aromatic rings. The maximum Gasteiger partial charge on any atom is 0.239 e. The van der Waals surface area contributed by atoms with E-state index >= 15 is 0 Å². The Hall–Kier alpha value is -1.95. The van der Waals surface area contributed by atoms with E-state index in [0.29, 0.717) is 6.54 Å². The Morgan fingerprint density at radius 1 is 1.17 bits per heavy atom. The molecule has 128 valence electrons. The Kier molecular flexibility index (Phi) is 7.68. The zero-order chi connectivity index (χ0) is 17.4. The minimum atomic E-state index is -0.280. The molecule has 0 saturated carbocycles. The predicted octanol–water partition coefficient (Wildman–Crippen LogP) is 1.80. The fourth-order valence-electron chi connectivity index (χ4n) is 2.09. The SMILES string of the molecule is CCCNC(=O)CN(C)C(=O)CN(C)C(C)c1ccc(F)cc1. The summed E-state index contributed by atoms with van der Waals surface area (Å²) in [6, 6.07) is 6.21. The van der Waals surface area contributed by atoms with Gasteiger partial charge in [0.1, 0.15) is 5.82 Å². The topological polar surface area (TPSA) is 52.7 Å². The number of benzene rings is 1. The number of nitrogens with zero attached hydrogens (tertiary/aromatic N) is 2. The lowest BCUT2D eigenvalue weighted by Gasteiger charge is -2.26. The highest BCUT2D eigenvalue weighted by Gasteiger charge is 2.18. The standard InChI is InChI=1S/C17H26FN3O2/c1-5-10-19-16(22)11-21(4)17(23)12-20(3)13(2)14-6-8-15(18)9-7-14/h6-9,13H,5,10-12H2,1-4H3,(H,19,22). The minimum absolute atomic E-state index is 0.0260. The number of halogens is 1. The molecule has 0 aliphatic heterocycles. The van der Waals surface area contributed by atoms with Gasteiger partial charge in [0.05, 0.1) is 13.1 Å². The Bertz CT molecular complexity index is 519. The van der Waals surface area contributed by atoms with Gasteiger partial charge in [-0.05, 0) is 38.1 Å². The van der Waals surface area contributed by atoms with Gasteiger partial charge in [-0.3, -0.25) is 14.5 Å². The third-order valence-corrected chi connectivity index (χ3v) is 3.78. The predicted molar refractivity (Wildman–Crippen MR) is 88.4 cm³/mol. The van der Waals surface area contributed by atoms with Gasteiger partial charge in [0.25, 0.3) is 0 Å². The van der Waals surface area contributed by atoms with Gasteiger partial charge in [-0.2, -0.15) is 0 Å². The monoisotopic (exact) mass is 323 g/mol. The van der Waals surface area contributed by atoms with Crippen LogP contribution in [0, 0.1) is 5.82 Å². The van der Waals surface area contributed by atoms with Gasteiger partial charge >= 0.3 is 0 Å². The lowest BCUT2D eigenvalue weighted by atomic mass is 10.1. The molecule has 1 atom stereocenters. The fraction of sp³-hybridized carbons (Fsp3) is 0.529. The first-order valence-corrected chi connectivity index (χ1v) is 7.81. The van der Waals surface area contributed by atoms with Gasteiger partial charge in [0.15, 0.2) is 0 Å². The number of amides is 2. The van der Waals surface area contributed by atoms with Crippen LogP contribution in [-0.4, -0.2) is 55.3 Å². The first-order chi connectivity index (χ1) is 10.8. The van der Waals surface area contributed by atoms with Crippen molar-refractivity contribution < 1.29 is 14.0 Å². The number of nitrogens with one attached hydrogen (secondary N) is 1. The number of hydrogen-bond acceptors (Lipinski definition) is 3. The van der Waals surface area contributed by atoms with Crippen LogP contribution in [0.2, 0.25) is 0 Å². The molecule has 6 heteroatoms. The van der Waals surface area contributed by atoms with E-state index in [-0.39, 0.29) is 36.8 Å². The maximum absolute atomic E-state index is 13.0. The molecule has 0 radical (unpaired) electrons. The summed E-state index contributed by atoms with van der Waals surface area (Å²) in [7, 11) is 3.45. The second-order valence-corrected chi connectivity index (χ2v) is 5.74. The van der Waals surface area contributed by atoms with E-state index in [1.54, 1.807) is 19.2 Å². The smallest absolute Gasteiger partial charge is 0.239 e. The van der Waals surface area contributed by atoms with Crippen molar-refractivity contribution in [3.05, 3.63) is 35.6 Å². The van der Waals surface area contributed by atoms with Crippen molar-refractivity contribution in [2.24, 2.45) is 0 Å². The Morgan fingerprint density at radius 2 is 1.78 bits per heavy atom. The maximum atomic E-state index is 13.0. The zero-order valence-electron chi connectivity index (χ0n) is 14.3. The molecule has 1 aromatic carbocycles. The molecule has 0 aliphatic rings. The van der Waals surface area contributed by atoms with Crippen LogP contribution in [0.15, 0.2) is 24.3 Å². The Morgan fingerprint density at radius 3 is 2.35 bits per heavy atom. The zero-order valence-corrected chi connectivity index (χ0v) is 14.3. The minimum Gasteiger partial charge on any atom is -0.355 e. The molecule has 2 amide bonds. The second-order valence-electron chi connectivity index (χ2n) is 5.74. The largest absolute Gasteiger partial charge is 0.355 e. The lowest BCUT2D eigenvalue weighted by molar-refractivity contribution is -0.135. The number of rotatable bonds is 8. The summed E-state index contributed by atoms with van der Waals surface area (Å²) >= 11 is 0. The molecule has 0 saturated heterocycles. The summed E-state index contributed by atoms with van der Waals surface area (Å²) < 4.78 is 13.0. The molecule has 23 heavy (non-hydrogen) atoms. The molecule has 0 fully saturated rings. The Labute approximate surface area is 137 Å². The highest BCUT2D eigenvalue weighted by molar-refractivity contribution is 5.85. The molecule has 1 N–H and O–H groups in total. The van der Waals surface area contributed by atoms with Crippen LogP contribution >= 0.6 is 0 Å². The fourth-order valence-corrected chi connectivity index (χ4v) is 2.09. The van der Waals surface area contributed by atoms with Gasteiger partial charge in [0, 0.05) is 19.6 Å². The first kappa shape index (κ1) is 19.1. The summed E-state index contributed by atoms with van der Waals surface area (Å²) in [5.41, 5.74) is 0.935. The second kappa shape index (κ2) is 9.25. The summed E-state index contributed by atoms with van der Waals surface area (Å²) in [6.45, 7) is 4.78. The van der Waals surface area contributed by atoms with Gasteiger partial charge in [-0.25, -0.2) is 4.39 Å². The van der Waals surface area contributed by atoms with Crippen molar-refractivity contribution in [3.8, 4) is 0 Å². The van der Waals surface area contributed by atoms with Crippen molar-refractivity contribution in [1.82, 2.24) is 15.1 Å². The van der Waals surface area contributed by atoms with Crippen LogP contribution in [0.4, 0.5) is 4.39 Å². The summed E-state index contributed by atoms with van der Waals surface area (Å²) in [5, 5.41) is 2.74. The van der Waals surface area contributed by atoms with Gasteiger partial charge in [-0.15, -0.1) is 0 Å². The molecular weight excluding hydrogens is 297 g/mol. The van der Waals surface area contributed by atoms with E-state index in [1.807, 2.05) is 25.8 Å². The average molecular weight is 323 g/mol. The van der Waals surface area contributed by atoms with Crippen LogP contribution in [0.5, 0.6) is 0 Å². The molecule has 0 heterocycles. The van der Waals surface area contributed by atoms with E-state index in [2.05, 4.69) is 5.32 Å². The van der Waals surface area contributed by atoms with Gasteiger partial charge in [0.2, 0.25) is 11.8 Å². The van der Waals surface area contributed by atoms with Gasteiger partial charge < -0.3 is 10.2 Å². The molecular formula is C17H26FN3O2. The molecule has 0 aliphatic carbocycles. The highest BCUT2D eigenvalue weighted by atomic mass is 19.1. The molecule has 1 unspecified atom stereocenters. The number of likely N-dealkylation sites (N-methyl/N-ethyl adjacent to an activating group) is 2. The van der Waals surface area contributed by atoms with Crippen molar-refractivity contribution in [1.29, 1.82) is 0 Å². The van der Waals surface area contributed by atoms with Crippen molar-refractivity contribution >= 4 is 11.8 Å². The van der Waals surface area contributed by atoms with Crippen molar-refractivity contribution in [2.45, 2.75) is 26.3 Å². The normalized spacial score (nSPS) is 12.1. The highest BCUT2D eigenvalue weighted by Crippen LogP contribution is 2.18. The number of carbonyl (C=O) groups excluding carboxylic acids is 2. The lowest BCUT2D eigenvalue weighted by Crippen LogP contribution is -2.43. The molecule has 0 aromatic heterocycles. The first-order valence-electron chi connectivity index (χ1n) is 7.81. The number of hydrogen-bond donors (Lipinski definition) is 1. The van der Waals surface area contributed by atoms with E-state index in [4.69, 9.17) is 0 Å². The third kappa shape index (κ3) is 6.36. The quantitative estimate of drug-likeness (QED) is 0.794. The van der Waals surface area contributed by atoms with Crippen LogP contribution < -0.4 is 5.32 Å². The van der Waals surface area contributed by atoms with Crippen LogP contribution in [-0.2, 0) is 9.59 Å². The van der Waals surface area contributed by atoms with Crippen LogP contribution in [0.25, 0.3) is 0 Å². The molecule has 0 bridgehead atoms. The van der Waals surface area contributed by atoms with E-state index in [9.17, 15) is 14.0 Å². The van der Waals surface area contributed by atoms with Crippen molar-refractivity contribution in [2.75, 3.05) is 33.7 Å². The molecule has 1 rings (SSSR count). The summed E-state index contributed by atoms with van der Waals surface area (Å²) in [5.74, 6) is -0.567. The molecule has 0 spiro atoms. The average Bonchev–Trinajstić information content (AvgIpc) is 2.52. The van der Waals surface area contributed by atoms with Crippen LogP contribution in [0.1, 0.15) is 31.9 Å². The van der Waals surface area contributed by atoms with Crippen LogP contribution in [0.3, 0.4) is 0 Å². The summed E-state index contributed by atoms with van der Waals surface area (Å²) in [4.78, 5) is 27.1. The third-order valence-electron chi connectivity index (χ3n) is 3.78. The van der Waals surface area contributed by atoms with E-state index in [0.717, 1.165) is 12.0 Å². The van der Waals surface area contributed by atoms with E-state index < -0.39 is 0 Å². The summed E-state index contributed by atoms with van der Waals surface area (Å²) in [6.07, 6.45) is 0.862.